The van der Waals surface area contributed by atoms with Crippen LogP contribution in [0.3, 0.4) is 0 Å². The van der Waals surface area contributed by atoms with E-state index in [4.69, 9.17) is 21.7 Å². The van der Waals surface area contributed by atoms with E-state index < -0.39 is 0 Å². The molecule has 0 radical (unpaired) electrons. The van der Waals surface area contributed by atoms with Crippen LogP contribution in [0.4, 0.5) is 5.82 Å². The van der Waals surface area contributed by atoms with Gasteiger partial charge in [-0.15, -0.1) is 0 Å². The average Bonchev–Trinajstić information content (AvgIpc) is 2.99. The lowest BCUT2D eigenvalue weighted by molar-refractivity contribution is 0.0917. The highest BCUT2D eigenvalue weighted by atomic mass is 35.5. The Morgan fingerprint density at radius 3 is 2.53 bits per heavy atom. The molecule has 2 fully saturated rings. The molecule has 1 N–H and O–H groups in total. The fraction of sp³-hybridized carbons (Fsp3) is 0.519. The molecule has 1 aliphatic carbocycles. The van der Waals surface area contributed by atoms with Crippen LogP contribution in [0.1, 0.15) is 74.3 Å². The van der Waals surface area contributed by atoms with E-state index in [0.717, 1.165) is 48.3 Å². The molecule has 2 aromatic heterocycles. The molecule has 6 nitrogen and oxygen atoms in total. The van der Waals surface area contributed by atoms with Crippen molar-refractivity contribution in [2.75, 3.05) is 18.0 Å². The molecule has 180 valence electrons. The van der Waals surface area contributed by atoms with E-state index in [1.807, 2.05) is 35.0 Å². The molecule has 5 rings (SSSR count). The number of nitrogens with one attached hydrogen (secondary N) is 1. The van der Waals surface area contributed by atoms with Crippen LogP contribution in [0.25, 0.3) is 11.0 Å². The first-order valence-corrected chi connectivity index (χ1v) is 13.1. The van der Waals surface area contributed by atoms with Gasteiger partial charge in [-0.2, -0.15) is 5.10 Å². The molecule has 7 heteroatoms. The molecule has 1 saturated heterocycles. The summed E-state index contributed by atoms with van der Waals surface area (Å²) in [6, 6.07) is 12.1. The summed E-state index contributed by atoms with van der Waals surface area (Å²) in [4.78, 5) is 20.7. The number of halogens is 1. The lowest BCUT2D eigenvalue weighted by Gasteiger charge is -2.27. The Balaban J connectivity index is 1.48. The van der Waals surface area contributed by atoms with Crippen LogP contribution in [-0.4, -0.2) is 39.8 Å². The highest BCUT2D eigenvalue weighted by Crippen LogP contribution is 2.27. The Kier molecular flexibility index (Phi) is 7.05. The number of pyridine rings is 1. The quantitative estimate of drug-likeness (QED) is 0.500. The van der Waals surface area contributed by atoms with Gasteiger partial charge >= 0.3 is 0 Å². The zero-order valence-electron chi connectivity index (χ0n) is 20.0. The highest BCUT2D eigenvalue weighted by Gasteiger charge is 2.25. The number of benzene rings is 1. The van der Waals surface area contributed by atoms with Gasteiger partial charge in [0.2, 0.25) is 0 Å². The molecule has 3 aromatic rings. The van der Waals surface area contributed by atoms with Crippen molar-refractivity contribution in [2.45, 2.75) is 70.9 Å². The standard InChI is InChI=1S/C27H34ClN5O/c1-19-7-6-8-22(17-19)29-27(34)25-23-13-14-24(32-15-4-2-3-5-16-32)30-26(23)33(31-25)18-20-9-11-21(28)12-10-20/h9-14,19,22H,2-8,15-18H2,1H3,(H,29,34). The van der Waals surface area contributed by atoms with E-state index in [0.29, 0.717) is 23.2 Å². The molecule has 1 saturated carbocycles. The molecule has 0 bridgehead atoms. The number of anilines is 1. The number of nitrogens with zero attached hydrogens (tertiary/aromatic N) is 4. The zero-order chi connectivity index (χ0) is 23.5. The normalized spacial score (nSPS) is 21.4. The number of aromatic nitrogens is 3. The second-order valence-electron chi connectivity index (χ2n) is 10.0. The smallest absolute Gasteiger partial charge is 0.272 e. The van der Waals surface area contributed by atoms with Crippen LogP contribution in [0.5, 0.6) is 0 Å². The van der Waals surface area contributed by atoms with E-state index >= 15 is 0 Å². The fourth-order valence-electron chi connectivity index (χ4n) is 5.38. The maximum Gasteiger partial charge on any atom is 0.272 e. The van der Waals surface area contributed by atoms with E-state index in [2.05, 4.69) is 23.2 Å². The molecule has 1 aromatic carbocycles. The number of rotatable bonds is 5. The third kappa shape index (κ3) is 5.22. The van der Waals surface area contributed by atoms with Crippen LogP contribution in [-0.2, 0) is 6.54 Å². The van der Waals surface area contributed by atoms with Gasteiger partial charge in [0.05, 0.1) is 11.9 Å². The second kappa shape index (κ2) is 10.3. The Hall–Kier alpha value is -2.60. The van der Waals surface area contributed by atoms with Crippen LogP contribution >= 0.6 is 11.6 Å². The maximum absolute atomic E-state index is 13.3. The van der Waals surface area contributed by atoms with Gasteiger partial charge < -0.3 is 10.2 Å². The summed E-state index contributed by atoms with van der Waals surface area (Å²) < 4.78 is 1.87. The van der Waals surface area contributed by atoms with Crippen molar-refractivity contribution in [2.24, 2.45) is 5.92 Å². The van der Waals surface area contributed by atoms with E-state index in [1.54, 1.807) is 0 Å². The fourth-order valence-corrected chi connectivity index (χ4v) is 5.50. The molecule has 1 amide bonds. The summed E-state index contributed by atoms with van der Waals surface area (Å²) in [5.41, 5.74) is 2.31. The van der Waals surface area contributed by atoms with Crippen LogP contribution in [0, 0.1) is 5.92 Å². The number of hydrogen-bond donors (Lipinski definition) is 1. The molecular weight excluding hydrogens is 446 g/mol. The Bertz CT molecular complexity index is 1130. The lowest BCUT2D eigenvalue weighted by atomic mass is 9.87. The number of carbonyl (C=O) groups excluding carboxylic acids is 1. The maximum atomic E-state index is 13.3. The van der Waals surface area contributed by atoms with Gasteiger partial charge in [0, 0.05) is 24.2 Å². The summed E-state index contributed by atoms with van der Waals surface area (Å²) in [6.07, 6.45) is 9.42. The zero-order valence-corrected chi connectivity index (χ0v) is 20.7. The van der Waals surface area contributed by atoms with Crippen molar-refractivity contribution in [3.05, 3.63) is 52.7 Å². The summed E-state index contributed by atoms with van der Waals surface area (Å²) in [7, 11) is 0. The van der Waals surface area contributed by atoms with Gasteiger partial charge in [-0.1, -0.05) is 56.3 Å². The number of fused-ring (bicyclic) bond motifs is 1. The van der Waals surface area contributed by atoms with E-state index in [1.165, 1.54) is 38.5 Å². The first kappa shape index (κ1) is 23.2. The predicted molar refractivity (Wildman–Crippen MR) is 138 cm³/mol. The van der Waals surface area contributed by atoms with Gasteiger partial charge in [0.15, 0.2) is 11.3 Å². The molecular formula is C27H34ClN5O. The first-order chi connectivity index (χ1) is 16.6. The number of carbonyl (C=O) groups is 1. The minimum Gasteiger partial charge on any atom is -0.357 e. The van der Waals surface area contributed by atoms with Crippen molar-refractivity contribution in [1.29, 1.82) is 0 Å². The molecule has 2 atom stereocenters. The predicted octanol–water partition coefficient (Wildman–Crippen LogP) is 5.82. The molecule has 0 spiro atoms. The largest absolute Gasteiger partial charge is 0.357 e. The van der Waals surface area contributed by atoms with Gasteiger partial charge in [-0.05, 0) is 61.4 Å². The molecule has 34 heavy (non-hydrogen) atoms. The van der Waals surface area contributed by atoms with E-state index in [-0.39, 0.29) is 11.9 Å². The third-order valence-electron chi connectivity index (χ3n) is 7.24. The second-order valence-corrected chi connectivity index (χ2v) is 10.5. The number of hydrogen-bond acceptors (Lipinski definition) is 4. The van der Waals surface area contributed by atoms with E-state index in [9.17, 15) is 4.79 Å². The Morgan fingerprint density at radius 2 is 1.79 bits per heavy atom. The Labute approximate surface area is 206 Å². The van der Waals surface area contributed by atoms with Crippen molar-refractivity contribution >= 4 is 34.4 Å². The summed E-state index contributed by atoms with van der Waals surface area (Å²) >= 11 is 6.09. The molecule has 2 unspecified atom stereocenters. The molecule has 2 aliphatic rings. The topological polar surface area (TPSA) is 63.1 Å². The minimum atomic E-state index is -0.0942. The first-order valence-electron chi connectivity index (χ1n) is 12.7. The number of amides is 1. The summed E-state index contributed by atoms with van der Waals surface area (Å²) in [5.74, 6) is 1.53. The van der Waals surface area contributed by atoms with Crippen LogP contribution in [0.15, 0.2) is 36.4 Å². The van der Waals surface area contributed by atoms with Gasteiger partial charge in [-0.3, -0.25) is 4.79 Å². The Morgan fingerprint density at radius 1 is 1.03 bits per heavy atom. The van der Waals surface area contributed by atoms with Gasteiger partial charge in [0.1, 0.15) is 5.82 Å². The third-order valence-corrected chi connectivity index (χ3v) is 7.50. The summed E-state index contributed by atoms with van der Waals surface area (Å²) in [6.45, 7) is 4.86. The van der Waals surface area contributed by atoms with Gasteiger partial charge in [-0.25, -0.2) is 9.67 Å². The average molecular weight is 480 g/mol. The lowest BCUT2D eigenvalue weighted by Crippen LogP contribution is -2.38. The van der Waals surface area contributed by atoms with Crippen LogP contribution < -0.4 is 10.2 Å². The molecule has 1 aliphatic heterocycles. The minimum absolute atomic E-state index is 0.0942. The van der Waals surface area contributed by atoms with Crippen molar-refractivity contribution in [3.8, 4) is 0 Å². The summed E-state index contributed by atoms with van der Waals surface area (Å²) in [5, 5.41) is 9.56. The SMILES string of the molecule is CC1CCCC(NC(=O)c2nn(Cc3ccc(Cl)cc3)c3nc(N4CCCCCC4)ccc23)C1. The van der Waals surface area contributed by atoms with Crippen molar-refractivity contribution in [1.82, 2.24) is 20.1 Å². The monoisotopic (exact) mass is 479 g/mol. The van der Waals surface area contributed by atoms with Gasteiger partial charge in [0.25, 0.3) is 5.91 Å². The molecule has 3 heterocycles. The van der Waals surface area contributed by atoms with Crippen LogP contribution in [0.2, 0.25) is 5.02 Å². The van der Waals surface area contributed by atoms with Crippen molar-refractivity contribution in [3.63, 3.8) is 0 Å². The van der Waals surface area contributed by atoms with Crippen molar-refractivity contribution < 1.29 is 4.79 Å². The highest BCUT2D eigenvalue weighted by molar-refractivity contribution is 6.30.